The fraction of sp³-hybridized carbons (Fsp3) is 0.0625. The Bertz CT molecular complexity index is 910. The van der Waals surface area contributed by atoms with Crippen molar-refractivity contribution in [3.05, 3.63) is 65.3 Å². The van der Waals surface area contributed by atoms with E-state index in [4.69, 9.17) is 16.3 Å². The number of carbonyl (C=O) groups is 2. The van der Waals surface area contributed by atoms with Gasteiger partial charge in [-0.15, -0.1) is 10.2 Å². The van der Waals surface area contributed by atoms with Gasteiger partial charge < -0.3 is 10.1 Å². The monoisotopic (exact) mass is 357 g/mol. The quantitative estimate of drug-likeness (QED) is 0.719. The van der Waals surface area contributed by atoms with Crippen LogP contribution in [0.2, 0.25) is 5.02 Å². The molecule has 0 saturated heterocycles. The summed E-state index contributed by atoms with van der Waals surface area (Å²) in [6, 6.07) is 7.63. The Hall–Kier alpha value is -3.26. The summed E-state index contributed by atoms with van der Waals surface area (Å²) in [5.41, 5.74) is 0.503. The Morgan fingerprint density at radius 1 is 1.20 bits per heavy atom. The van der Waals surface area contributed by atoms with E-state index >= 15 is 0 Å². The van der Waals surface area contributed by atoms with Gasteiger partial charge in [0.2, 0.25) is 0 Å². The lowest BCUT2D eigenvalue weighted by Gasteiger charge is -2.10. The molecule has 2 heterocycles. The maximum absolute atomic E-state index is 12.3. The number of hydrogen-bond donors (Lipinski definition) is 1. The molecule has 0 unspecified atom stereocenters. The molecule has 0 atom stereocenters. The highest BCUT2D eigenvalue weighted by molar-refractivity contribution is 6.31. The molecule has 25 heavy (non-hydrogen) atoms. The van der Waals surface area contributed by atoms with Crippen molar-refractivity contribution in [1.82, 2.24) is 19.7 Å². The first-order valence-electron chi connectivity index (χ1n) is 7.10. The molecule has 126 valence electrons. The molecule has 0 spiro atoms. The van der Waals surface area contributed by atoms with Crippen molar-refractivity contribution in [2.45, 2.75) is 0 Å². The topological polar surface area (TPSA) is 99.0 Å². The van der Waals surface area contributed by atoms with Crippen LogP contribution in [0.5, 0.6) is 0 Å². The molecule has 3 aromatic rings. The second kappa shape index (κ2) is 7.10. The smallest absolute Gasteiger partial charge is 0.340 e. The van der Waals surface area contributed by atoms with Crippen LogP contribution < -0.4 is 5.32 Å². The van der Waals surface area contributed by atoms with Gasteiger partial charge >= 0.3 is 5.97 Å². The normalized spacial score (nSPS) is 10.3. The SMILES string of the molecule is COC(=O)c1cc(Cl)ccc1NC(=O)c1ccc(-n2ccnc2)nn1. The van der Waals surface area contributed by atoms with Crippen LogP contribution in [-0.2, 0) is 4.74 Å². The molecule has 1 aromatic carbocycles. The first-order valence-corrected chi connectivity index (χ1v) is 7.47. The van der Waals surface area contributed by atoms with Gasteiger partial charge in [-0.1, -0.05) is 11.6 Å². The van der Waals surface area contributed by atoms with E-state index < -0.39 is 11.9 Å². The molecule has 0 aliphatic rings. The van der Waals surface area contributed by atoms with E-state index in [9.17, 15) is 9.59 Å². The fourth-order valence-electron chi connectivity index (χ4n) is 2.07. The predicted octanol–water partition coefficient (Wildman–Crippen LogP) is 2.35. The average molecular weight is 358 g/mol. The van der Waals surface area contributed by atoms with Crippen molar-refractivity contribution < 1.29 is 14.3 Å². The number of ether oxygens (including phenoxy) is 1. The Labute approximate surface area is 147 Å². The van der Waals surface area contributed by atoms with Crippen molar-refractivity contribution in [2.75, 3.05) is 12.4 Å². The van der Waals surface area contributed by atoms with Crippen LogP contribution in [0.4, 0.5) is 5.69 Å². The van der Waals surface area contributed by atoms with Gasteiger partial charge in [-0.3, -0.25) is 9.36 Å². The third-order valence-corrected chi connectivity index (χ3v) is 3.52. The number of methoxy groups -OCH3 is 1. The largest absolute Gasteiger partial charge is 0.465 e. The van der Waals surface area contributed by atoms with E-state index in [1.54, 1.807) is 35.4 Å². The van der Waals surface area contributed by atoms with E-state index in [1.165, 1.54) is 25.3 Å². The van der Waals surface area contributed by atoms with Gasteiger partial charge in [0, 0.05) is 17.4 Å². The number of nitrogens with zero attached hydrogens (tertiary/aromatic N) is 4. The lowest BCUT2D eigenvalue weighted by atomic mass is 10.1. The van der Waals surface area contributed by atoms with Crippen molar-refractivity contribution >= 4 is 29.2 Å². The number of aromatic nitrogens is 4. The Morgan fingerprint density at radius 2 is 2.04 bits per heavy atom. The average Bonchev–Trinajstić information content (AvgIpc) is 3.17. The second-order valence-corrected chi connectivity index (χ2v) is 5.32. The zero-order valence-corrected chi connectivity index (χ0v) is 13.8. The van der Waals surface area contributed by atoms with Gasteiger partial charge in [-0.2, -0.15) is 0 Å². The van der Waals surface area contributed by atoms with Gasteiger partial charge in [0.15, 0.2) is 11.5 Å². The third-order valence-electron chi connectivity index (χ3n) is 3.29. The lowest BCUT2D eigenvalue weighted by Crippen LogP contribution is -2.17. The number of rotatable bonds is 4. The van der Waals surface area contributed by atoms with E-state index in [2.05, 4.69) is 20.5 Å². The summed E-state index contributed by atoms with van der Waals surface area (Å²) in [6.45, 7) is 0. The van der Waals surface area contributed by atoms with Crippen molar-refractivity contribution in [3.63, 3.8) is 0 Å². The third kappa shape index (κ3) is 3.64. The molecular weight excluding hydrogens is 346 g/mol. The van der Waals surface area contributed by atoms with Crippen LogP contribution in [0, 0.1) is 0 Å². The highest BCUT2D eigenvalue weighted by Crippen LogP contribution is 2.22. The molecule has 9 heteroatoms. The molecule has 0 fully saturated rings. The van der Waals surface area contributed by atoms with Crippen LogP contribution in [0.1, 0.15) is 20.8 Å². The summed E-state index contributed by atoms with van der Waals surface area (Å²) in [5.74, 6) is -0.604. The maximum atomic E-state index is 12.3. The molecule has 1 amide bonds. The van der Waals surface area contributed by atoms with Gasteiger partial charge in [0.25, 0.3) is 5.91 Å². The zero-order valence-electron chi connectivity index (χ0n) is 13.0. The molecule has 0 aliphatic heterocycles. The molecular formula is C16H12ClN5O3. The van der Waals surface area contributed by atoms with Gasteiger partial charge in [0.1, 0.15) is 6.33 Å². The molecule has 1 N–H and O–H groups in total. The minimum Gasteiger partial charge on any atom is -0.465 e. The van der Waals surface area contributed by atoms with Crippen LogP contribution in [0.25, 0.3) is 5.82 Å². The highest BCUT2D eigenvalue weighted by Gasteiger charge is 2.16. The van der Waals surface area contributed by atoms with Crippen molar-refractivity contribution in [3.8, 4) is 5.82 Å². The van der Waals surface area contributed by atoms with Crippen molar-refractivity contribution in [1.29, 1.82) is 0 Å². The minimum atomic E-state index is -0.612. The number of carbonyl (C=O) groups excluding carboxylic acids is 2. The van der Waals surface area contributed by atoms with E-state index in [1.807, 2.05) is 0 Å². The van der Waals surface area contributed by atoms with E-state index in [-0.39, 0.29) is 16.9 Å². The number of anilines is 1. The molecule has 0 aliphatic carbocycles. The standard InChI is InChI=1S/C16H12ClN5O3/c1-25-16(24)11-8-10(17)2-3-12(11)19-15(23)13-4-5-14(21-20-13)22-7-6-18-9-22/h2-9H,1H3,(H,19,23). The number of benzene rings is 1. The zero-order chi connectivity index (χ0) is 17.8. The van der Waals surface area contributed by atoms with Gasteiger partial charge in [0.05, 0.1) is 18.4 Å². The number of amides is 1. The summed E-state index contributed by atoms with van der Waals surface area (Å²) >= 11 is 5.89. The molecule has 0 bridgehead atoms. The summed E-state index contributed by atoms with van der Waals surface area (Å²) < 4.78 is 6.35. The molecule has 0 radical (unpaired) electrons. The summed E-state index contributed by atoms with van der Waals surface area (Å²) in [4.78, 5) is 28.1. The number of halogens is 1. The minimum absolute atomic E-state index is 0.0923. The molecule has 2 aromatic heterocycles. The first kappa shape index (κ1) is 16.6. The number of imidazole rings is 1. The molecule has 0 saturated carbocycles. The number of hydrogen-bond acceptors (Lipinski definition) is 6. The second-order valence-electron chi connectivity index (χ2n) is 4.88. The highest BCUT2D eigenvalue weighted by atomic mass is 35.5. The van der Waals surface area contributed by atoms with Crippen LogP contribution in [-0.4, -0.2) is 38.7 Å². The van der Waals surface area contributed by atoms with Crippen LogP contribution >= 0.6 is 11.6 Å². The number of nitrogens with one attached hydrogen (secondary N) is 1. The van der Waals surface area contributed by atoms with Gasteiger partial charge in [-0.05, 0) is 30.3 Å². The Kier molecular flexibility index (Phi) is 4.71. The fourth-order valence-corrected chi connectivity index (χ4v) is 2.24. The summed E-state index contributed by atoms with van der Waals surface area (Å²) in [6.07, 6.45) is 4.89. The summed E-state index contributed by atoms with van der Waals surface area (Å²) in [7, 11) is 1.25. The van der Waals surface area contributed by atoms with Crippen LogP contribution in [0.3, 0.4) is 0 Å². The number of esters is 1. The van der Waals surface area contributed by atoms with Crippen molar-refractivity contribution in [2.24, 2.45) is 0 Å². The Balaban J connectivity index is 1.82. The molecule has 8 nitrogen and oxygen atoms in total. The lowest BCUT2D eigenvalue weighted by molar-refractivity contribution is 0.0602. The first-order chi connectivity index (χ1) is 12.1. The maximum Gasteiger partial charge on any atom is 0.340 e. The summed E-state index contributed by atoms with van der Waals surface area (Å²) in [5, 5.41) is 10.8. The van der Waals surface area contributed by atoms with Gasteiger partial charge in [-0.25, -0.2) is 9.78 Å². The Morgan fingerprint density at radius 3 is 2.68 bits per heavy atom. The predicted molar refractivity (Wildman–Crippen MR) is 89.9 cm³/mol. The van der Waals surface area contributed by atoms with E-state index in [0.717, 1.165) is 0 Å². The molecule has 3 rings (SSSR count). The van der Waals surface area contributed by atoms with Crippen LogP contribution in [0.15, 0.2) is 49.1 Å². The van der Waals surface area contributed by atoms with E-state index in [0.29, 0.717) is 10.8 Å².